The molecule has 1 heterocycles. The predicted octanol–water partition coefficient (Wildman–Crippen LogP) is 4.35. The minimum Gasteiger partial charge on any atom is -0.492 e. The van der Waals surface area contributed by atoms with Gasteiger partial charge in [0.25, 0.3) is 5.91 Å². The zero-order chi connectivity index (χ0) is 20.8. The highest BCUT2D eigenvalue weighted by atomic mass is 16.5. The molecule has 3 aromatic rings. The fraction of sp³-hybridized carbons (Fsp3) is 0.250. The standard InChI is InChI=1S/C24H23N3O3/c1-25-19-8-6-18(7-9-19)24(28)26-22-10-11-23(21-5-3-2-4-20(21)22)30-17-14-27-12-15-29-16-13-27/h2-11H,12-17H2,(H,26,28). The van der Waals surface area contributed by atoms with E-state index in [1.54, 1.807) is 24.3 Å². The van der Waals surface area contributed by atoms with Crippen LogP contribution >= 0.6 is 0 Å². The number of rotatable bonds is 6. The normalized spacial score (nSPS) is 14.2. The van der Waals surface area contributed by atoms with Gasteiger partial charge >= 0.3 is 0 Å². The van der Waals surface area contributed by atoms with Crippen LogP contribution in [-0.4, -0.2) is 50.3 Å². The van der Waals surface area contributed by atoms with E-state index in [1.165, 1.54) is 0 Å². The van der Waals surface area contributed by atoms with Crippen LogP contribution in [0.25, 0.3) is 15.6 Å². The minimum atomic E-state index is -0.210. The molecule has 0 saturated carbocycles. The number of nitrogens with one attached hydrogen (secondary N) is 1. The van der Waals surface area contributed by atoms with Crippen molar-refractivity contribution in [3.8, 4) is 5.75 Å². The minimum absolute atomic E-state index is 0.210. The third-order valence-electron chi connectivity index (χ3n) is 5.16. The molecule has 0 radical (unpaired) electrons. The van der Waals surface area contributed by atoms with Crippen LogP contribution in [0, 0.1) is 6.57 Å². The van der Waals surface area contributed by atoms with Crippen molar-refractivity contribution in [2.24, 2.45) is 0 Å². The summed E-state index contributed by atoms with van der Waals surface area (Å²) in [5, 5.41) is 4.86. The number of anilines is 1. The quantitative estimate of drug-likeness (QED) is 0.624. The lowest BCUT2D eigenvalue weighted by molar-refractivity contribution is 0.0323. The number of hydrogen-bond acceptors (Lipinski definition) is 4. The molecule has 4 rings (SSSR count). The number of ether oxygens (including phenoxy) is 2. The molecule has 0 aromatic heterocycles. The van der Waals surface area contributed by atoms with E-state index in [0.29, 0.717) is 17.9 Å². The van der Waals surface area contributed by atoms with Crippen molar-refractivity contribution in [3.05, 3.63) is 77.6 Å². The maximum atomic E-state index is 12.7. The molecule has 0 bridgehead atoms. The predicted molar refractivity (Wildman–Crippen MR) is 117 cm³/mol. The van der Waals surface area contributed by atoms with Crippen molar-refractivity contribution in [2.75, 3.05) is 44.8 Å². The molecule has 152 valence electrons. The lowest BCUT2D eigenvalue weighted by Crippen LogP contribution is -2.38. The van der Waals surface area contributed by atoms with Gasteiger partial charge in [0.2, 0.25) is 0 Å². The molecule has 0 spiro atoms. The van der Waals surface area contributed by atoms with Gasteiger partial charge < -0.3 is 14.8 Å². The number of hydrogen-bond donors (Lipinski definition) is 1. The van der Waals surface area contributed by atoms with Gasteiger partial charge in [0.05, 0.1) is 19.8 Å². The van der Waals surface area contributed by atoms with E-state index in [9.17, 15) is 4.79 Å². The summed E-state index contributed by atoms with van der Waals surface area (Å²) in [6.07, 6.45) is 0. The molecule has 1 amide bonds. The molecule has 0 atom stereocenters. The molecule has 1 aliphatic heterocycles. The van der Waals surface area contributed by atoms with Crippen LogP contribution in [0.1, 0.15) is 10.4 Å². The molecule has 6 nitrogen and oxygen atoms in total. The van der Waals surface area contributed by atoms with Gasteiger partial charge in [-0.15, -0.1) is 0 Å². The molecular weight excluding hydrogens is 378 g/mol. The van der Waals surface area contributed by atoms with Crippen molar-refractivity contribution >= 4 is 28.1 Å². The number of morpholine rings is 1. The highest BCUT2D eigenvalue weighted by Crippen LogP contribution is 2.32. The summed E-state index contributed by atoms with van der Waals surface area (Å²) in [7, 11) is 0. The summed E-state index contributed by atoms with van der Waals surface area (Å²) in [5.41, 5.74) is 1.75. The van der Waals surface area contributed by atoms with Crippen LogP contribution in [-0.2, 0) is 4.74 Å². The van der Waals surface area contributed by atoms with Crippen LogP contribution in [0.4, 0.5) is 11.4 Å². The Bertz CT molecular complexity index is 1070. The average molecular weight is 401 g/mol. The zero-order valence-electron chi connectivity index (χ0n) is 16.6. The number of fused-ring (bicyclic) bond motifs is 1. The van der Waals surface area contributed by atoms with E-state index < -0.39 is 0 Å². The summed E-state index contributed by atoms with van der Waals surface area (Å²) >= 11 is 0. The van der Waals surface area contributed by atoms with E-state index in [4.69, 9.17) is 16.0 Å². The maximum Gasteiger partial charge on any atom is 0.255 e. The Morgan fingerprint density at radius 3 is 2.50 bits per heavy atom. The highest BCUT2D eigenvalue weighted by molar-refractivity contribution is 6.10. The van der Waals surface area contributed by atoms with E-state index in [-0.39, 0.29) is 5.91 Å². The van der Waals surface area contributed by atoms with E-state index in [2.05, 4.69) is 15.1 Å². The lowest BCUT2D eigenvalue weighted by Gasteiger charge is -2.26. The Morgan fingerprint density at radius 1 is 1.03 bits per heavy atom. The summed E-state index contributed by atoms with van der Waals surface area (Å²) in [6, 6.07) is 18.3. The first-order valence-electron chi connectivity index (χ1n) is 9.98. The van der Waals surface area contributed by atoms with Gasteiger partial charge in [-0.3, -0.25) is 9.69 Å². The monoisotopic (exact) mass is 401 g/mol. The molecule has 1 N–H and O–H groups in total. The molecule has 30 heavy (non-hydrogen) atoms. The van der Waals surface area contributed by atoms with Crippen molar-refractivity contribution in [2.45, 2.75) is 0 Å². The molecule has 6 heteroatoms. The van der Waals surface area contributed by atoms with Crippen LogP contribution in [0.2, 0.25) is 0 Å². The SMILES string of the molecule is [C-]#[N+]c1ccc(C(=O)Nc2ccc(OCCN3CCOCC3)c3ccccc23)cc1. The van der Waals surface area contributed by atoms with Crippen LogP contribution < -0.4 is 10.1 Å². The van der Waals surface area contributed by atoms with Gasteiger partial charge in [0.15, 0.2) is 5.69 Å². The second-order valence-corrected chi connectivity index (χ2v) is 7.07. The van der Waals surface area contributed by atoms with Crippen LogP contribution in [0.5, 0.6) is 5.75 Å². The number of carbonyl (C=O) groups excluding carboxylic acids is 1. The Kier molecular flexibility index (Phi) is 6.23. The molecule has 0 unspecified atom stereocenters. The molecule has 1 saturated heterocycles. The third-order valence-corrected chi connectivity index (χ3v) is 5.16. The van der Waals surface area contributed by atoms with Crippen molar-refractivity contribution in [3.63, 3.8) is 0 Å². The van der Waals surface area contributed by atoms with Gasteiger partial charge in [-0.1, -0.05) is 48.5 Å². The summed E-state index contributed by atoms with van der Waals surface area (Å²) < 4.78 is 11.4. The Balaban J connectivity index is 1.48. The lowest BCUT2D eigenvalue weighted by atomic mass is 10.1. The van der Waals surface area contributed by atoms with Crippen molar-refractivity contribution in [1.29, 1.82) is 0 Å². The van der Waals surface area contributed by atoms with E-state index >= 15 is 0 Å². The first kappa shape index (κ1) is 19.9. The second-order valence-electron chi connectivity index (χ2n) is 7.07. The van der Waals surface area contributed by atoms with Gasteiger partial charge in [-0.2, -0.15) is 0 Å². The summed E-state index contributed by atoms with van der Waals surface area (Å²) in [4.78, 5) is 18.3. The topological polar surface area (TPSA) is 55.2 Å². The summed E-state index contributed by atoms with van der Waals surface area (Å²) in [5.74, 6) is 0.593. The van der Waals surface area contributed by atoms with Gasteiger partial charge in [-0.05, 0) is 12.1 Å². The van der Waals surface area contributed by atoms with E-state index in [0.717, 1.165) is 55.1 Å². The van der Waals surface area contributed by atoms with Crippen LogP contribution in [0.3, 0.4) is 0 Å². The number of carbonyl (C=O) groups is 1. The number of benzene rings is 3. The zero-order valence-corrected chi connectivity index (χ0v) is 16.6. The molecular formula is C24H23N3O3. The maximum absolute atomic E-state index is 12.7. The smallest absolute Gasteiger partial charge is 0.255 e. The number of amides is 1. The van der Waals surface area contributed by atoms with Crippen LogP contribution in [0.15, 0.2) is 60.7 Å². The summed E-state index contributed by atoms with van der Waals surface area (Å²) in [6.45, 7) is 11.9. The molecule has 1 aliphatic rings. The fourth-order valence-corrected chi connectivity index (χ4v) is 3.50. The fourth-order valence-electron chi connectivity index (χ4n) is 3.50. The van der Waals surface area contributed by atoms with Gasteiger partial charge in [-0.25, -0.2) is 4.85 Å². The largest absolute Gasteiger partial charge is 0.492 e. The van der Waals surface area contributed by atoms with Crippen molar-refractivity contribution < 1.29 is 14.3 Å². The first-order valence-corrected chi connectivity index (χ1v) is 9.98. The Hall–Kier alpha value is -3.40. The van der Waals surface area contributed by atoms with Gasteiger partial charge in [0, 0.05) is 41.7 Å². The first-order chi connectivity index (χ1) is 14.7. The third kappa shape index (κ3) is 4.60. The van der Waals surface area contributed by atoms with Crippen molar-refractivity contribution in [1.82, 2.24) is 4.90 Å². The molecule has 3 aromatic carbocycles. The Labute approximate surface area is 175 Å². The Morgan fingerprint density at radius 2 is 1.77 bits per heavy atom. The highest BCUT2D eigenvalue weighted by Gasteiger charge is 2.13. The molecule has 1 fully saturated rings. The molecule has 0 aliphatic carbocycles. The van der Waals surface area contributed by atoms with Gasteiger partial charge in [0.1, 0.15) is 12.4 Å². The second kappa shape index (κ2) is 9.40. The van der Waals surface area contributed by atoms with E-state index in [1.807, 2.05) is 36.4 Å². The average Bonchev–Trinajstić information content (AvgIpc) is 2.81. The number of nitrogens with zero attached hydrogens (tertiary/aromatic N) is 2.